The molecular weight excluding hydrogens is 412 g/mol. The molecule has 0 saturated carbocycles. The van der Waals surface area contributed by atoms with Crippen molar-refractivity contribution in [1.82, 2.24) is 4.98 Å². The Labute approximate surface area is 185 Å². The van der Waals surface area contributed by atoms with E-state index in [0.29, 0.717) is 37.0 Å². The number of benzene rings is 2. The summed E-state index contributed by atoms with van der Waals surface area (Å²) in [4.78, 5) is 27.8. The fraction of sp³-hybridized carbons (Fsp3) is 0.208. The Morgan fingerprint density at radius 1 is 0.969 bits per heavy atom. The molecule has 3 aromatic rings. The van der Waals surface area contributed by atoms with Gasteiger partial charge in [0.25, 0.3) is 0 Å². The van der Waals surface area contributed by atoms with Crippen LogP contribution in [0.25, 0.3) is 0 Å². The first-order valence-corrected chi connectivity index (χ1v) is 10.1. The number of amides is 1. The van der Waals surface area contributed by atoms with Crippen molar-refractivity contribution in [2.45, 2.75) is 13.3 Å². The topological polar surface area (TPSA) is 107 Å². The van der Waals surface area contributed by atoms with Crippen LogP contribution in [-0.4, -0.2) is 41.8 Å². The zero-order valence-corrected chi connectivity index (χ0v) is 17.6. The first-order valence-electron chi connectivity index (χ1n) is 10.1. The number of carboxylic acid groups (broad SMARTS) is 1. The normalized spacial score (nSPS) is 10.4. The van der Waals surface area contributed by atoms with Crippen LogP contribution in [0, 0.1) is 0 Å². The summed E-state index contributed by atoms with van der Waals surface area (Å²) in [5.41, 5.74) is 0.956. The van der Waals surface area contributed by atoms with Crippen LogP contribution in [-0.2, 0) is 16.0 Å². The molecule has 0 atom stereocenters. The van der Waals surface area contributed by atoms with Gasteiger partial charge in [0.05, 0.1) is 24.3 Å². The highest BCUT2D eigenvalue weighted by atomic mass is 16.5. The molecular formula is C24H24N2O6. The van der Waals surface area contributed by atoms with Gasteiger partial charge in [0, 0.05) is 18.9 Å². The Morgan fingerprint density at radius 2 is 1.72 bits per heavy atom. The molecule has 0 bridgehead atoms. The van der Waals surface area contributed by atoms with Crippen LogP contribution < -0.4 is 14.8 Å². The molecule has 0 spiro atoms. The first kappa shape index (κ1) is 22.8. The molecule has 8 heteroatoms. The molecule has 0 unspecified atom stereocenters. The number of para-hydroxylation sites is 1. The number of carbonyl (C=O) groups is 2. The highest BCUT2D eigenvalue weighted by Gasteiger charge is 2.12. The predicted octanol–water partition coefficient (Wildman–Crippen LogP) is 4.17. The first-order chi connectivity index (χ1) is 15.5. The molecule has 2 N–H and O–H groups in total. The number of pyridine rings is 1. The lowest BCUT2D eigenvalue weighted by atomic mass is 10.1. The number of nitrogens with one attached hydrogen (secondary N) is 1. The van der Waals surface area contributed by atoms with E-state index in [1.54, 1.807) is 60.8 Å². The highest BCUT2D eigenvalue weighted by molar-refractivity contribution is 6.00. The predicted molar refractivity (Wildman–Crippen MR) is 118 cm³/mol. The van der Waals surface area contributed by atoms with Gasteiger partial charge in [-0.15, -0.1) is 0 Å². The number of nitrogens with zero attached hydrogens (tertiary/aromatic N) is 1. The number of ether oxygens (including phenoxy) is 3. The fourth-order valence-corrected chi connectivity index (χ4v) is 2.82. The minimum Gasteiger partial charge on any atom is -0.491 e. The number of carboxylic acids is 1. The molecule has 32 heavy (non-hydrogen) atoms. The van der Waals surface area contributed by atoms with Crippen molar-refractivity contribution in [3.63, 3.8) is 0 Å². The minimum absolute atomic E-state index is 0.0356. The van der Waals surface area contributed by atoms with E-state index in [-0.39, 0.29) is 23.6 Å². The summed E-state index contributed by atoms with van der Waals surface area (Å²) in [5, 5.41) is 11.8. The lowest BCUT2D eigenvalue weighted by Gasteiger charge is -2.09. The number of anilines is 1. The van der Waals surface area contributed by atoms with Crippen molar-refractivity contribution < 1.29 is 28.9 Å². The number of aromatic carboxylic acids is 1. The van der Waals surface area contributed by atoms with Crippen LogP contribution in [0.5, 0.6) is 17.4 Å². The fourth-order valence-electron chi connectivity index (χ4n) is 2.82. The maximum atomic E-state index is 12.3. The number of hydrogen-bond donors (Lipinski definition) is 2. The van der Waals surface area contributed by atoms with E-state index in [1.807, 2.05) is 6.92 Å². The Kier molecular flexibility index (Phi) is 8.16. The van der Waals surface area contributed by atoms with E-state index < -0.39 is 5.97 Å². The van der Waals surface area contributed by atoms with E-state index in [9.17, 15) is 14.7 Å². The maximum absolute atomic E-state index is 12.3. The molecule has 166 valence electrons. The Balaban J connectivity index is 1.52. The number of rotatable bonds is 11. The van der Waals surface area contributed by atoms with E-state index >= 15 is 0 Å². The molecule has 1 heterocycles. The van der Waals surface area contributed by atoms with Crippen molar-refractivity contribution in [3.05, 3.63) is 78.0 Å². The van der Waals surface area contributed by atoms with Crippen LogP contribution >= 0.6 is 0 Å². The van der Waals surface area contributed by atoms with Crippen molar-refractivity contribution >= 4 is 17.6 Å². The Morgan fingerprint density at radius 3 is 2.41 bits per heavy atom. The van der Waals surface area contributed by atoms with Gasteiger partial charge in [0.2, 0.25) is 11.8 Å². The summed E-state index contributed by atoms with van der Waals surface area (Å²) in [6.45, 7) is 3.61. The molecule has 1 aromatic heterocycles. The van der Waals surface area contributed by atoms with Gasteiger partial charge in [-0.1, -0.05) is 18.2 Å². The molecule has 0 aliphatic carbocycles. The SMILES string of the molecule is CCOCCOc1ccc(Oc2ccc(CC(=O)Nc3ccccc3C(=O)O)cn2)cc1. The van der Waals surface area contributed by atoms with Crippen molar-refractivity contribution in [2.75, 3.05) is 25.1 Å². The van der Waals surface area contributed by atoms with E-state index in [2.05, 4.69) is 10.3 Å². The van der Waals surface area contributed by atoms with E-state index in [1.165, 1.54) is 6.07 Å². The van der Waals surface area contributed by atoms with E-state index in [0.717, 1.165) is 5.75 Å². The standard InChI is InChI=1S/C24H24N2O6/c1-2-30-13-14-31-18-8-10-19(11-9-18)32-23-12-7-17(16-25-23)15-22(27)26-21-6-4-3-5-20(21)24(28)29/h3-12,16H,2,13-15H2,1H3,(H,26,27)(H,28,29). The average Bonchev–Trinajstić information content (AvgIpc) is 2.79. The van der Waals surface area contributed by atoms with Gasteiger partial charge in [-0.3, -0.25) is 4.79 Å². The Bertz CT molecular complexity index is 1040. The molecule has 1 amide bonds. The van der Waals surface area contributed by atoms with Gasteiger partial charge in [-0.25, -0.2) is 9.78 Å². The van der Waals surface area contributed by atoms with Gasteiger partial charge in [-0.05, 0) is 48.9 Å². The number of aromatic nitrogens is 1. The third-order valence-electron chi connectivity index (χ3n) is 4.34. The average molecular weight is 436 g/mol. The molecule has 0 radical (unpaired) electrons. The summed E-state index contributed by atoms with van der Waals surface area (Å²) in [5.74, 6) is 0.264. The second-order valence-corrected chi connectivity index (χ2v) is 6.70. The second-order valence-electron chi connectivity index (χ2n) is 6.70. The lowest BCUT2D eigenvalue weighted by Crippen LogP contribution is -2.16. The van der Waals surface area contributed by atoms with Gasteiger partial charge in [-0.2, -0.15) is 0 Å². The number of carbonyl (C=O) groups excluding carboxylic acids is 1. The van der Waals surface area contributed by atoms with Crippen LogP contribution in [0.3, 0.4) is 0 Å². The zero-order chi connectivity index (χ0) is 22.8. The van der Waals surface area contributed by atoms with Crippen molar-refractivity contribution in [2.24, 2.45) is 0 Å². The summed E-state index contributed by atoms with van der Waals surface area (Å²) in [6, 6.07) is 16.8. The van der Waals surface area contributed by atoms with Crippen molar-refractivity contribution in [1.29, 1.82) is 0 Å². The lowest BCUT2D eigenvalue weighted by molar-refractivity contribution is -0.115. The third kappa shape index (κ3) is 6.82. The van der Waals surface area contributed by atoms with Crippen LogP contribution in [0.4, 0.5) is 5.69 Å². The second kappa shape index (κ2) is 11.5. The maximum Gasteiger partial charge on any atom is 0.337 e. The van der Waals surface area contributed by atoms with Crippen LogP contribution in [0.1, 0.15) is 22.8 Å². The summed E-state index contributed by atoms with van der Waals surface area (Å²) < 4.78 is 16.5. The zero-order valence-electron chi connectivity index (χ0n) is 17.6. The highest BCUT2D eigenvalue weighted by Crippen LogP contribution is 2.23. The van der Waals surface area contributed by atoms with Gasteiger partial charge < -0.3 is 24.6 Å². The number of hydrogen-bond acceptors (Lipinski definition) is 6. The smallest absolute Gasteiger partial charge is 0.337 e. The summed E-state index contributed by atoms with van der Waals surface area (Å²) in [7, 11) is 0. The monoisotopic (exact) mass is 436 g/mol. The van der Waals surface area contributed by atoms with Gasteiger partial charge in [0.15, 0.2) is 0 Å². The largest absolute Gasteiger partial charge is 0.491 e. The third-order valence-corrected chi connectivity index (χ3v) is 4.34. The van der Waals surface area contributed by atoms with Gasteiger partial charge >= 0.3 is 5.97 Å². The molecule has 2 aromatic carbocycles. The molecule has 0 fully saturated rings. The van der Waals surface area contributed by atoms with Crippen LogP contribution in [0.15, 0.2) is 66.9 Å². The molecule has 0 saturated heterocycles. The quantitative estimate of drug-likeness (QED) is 0.435. The molecule has 8 nitrogen and oxygen atoms in total. The van der Waals surface area contributed by atoms with Gasteiger partial charge in [0.1, 0.15) is 18.1 Å². The van der Waals surface area contributed by atoms with E-state index in [4.69, 9.17) is 14.2 Å². The molecule has 3 rings (SSSR count). The van der Waals surface area contributed by atoms with Crippen molar-refractivity contribution in [3.8, 4) is 17.4 Å². The molecule has 0 aliphatic heterocycles. The minimum atomic E-state index is -1.10. The summed E-state index contributed by atoms with van der Waals surface area (Å²) in [6.07, 6.45) is 1.60. The van der Waals surface area contributed by atoms with Crippen LogP contribution in [0.2, 0.25) is 0 Å². The molecule has 0 aliphatic rings. The Hall–Kier alpha value is -3.91. The summed E-state index contributed by atoms with van der Waals surface area (Å²) >= 11 is 0.